The van der Waals surface area contributed by atoms with Crippen LogP contribution in [0.25, 0.3) is 11.1 Å². The van der Waals surface area contributed by atoms with Crippen LogP contribution in [-0.2, 0) is 0 Å². The Balaban J connectivity index is 2.17. The molecule has 0 aliphatic carbocycles. The van der Waals surface area contributed by atoms with E-state index in [0.29, 0.717) is 17.6 Å². The number of anilines is 1. The minimum absolute atomic E-state index is 0.116. The van der Waals surface area contributed by atoms with Gasteiger partial charge in [0.15, 0.2) is 5.58 Å². The van der Waals surface area contributed by atoms with Crippen molar-refractivity contribution in [1.82, 2.24) is 4.98 Å². The van der Waals surface area contributed by atoms with Crippen LogP contribution in [0.1, 0.15) is 13.8 Å². The standard InChI is InChI=1S/C12H16N2O3/c1-12(2,7-15)6-13-8-3-4-10-9(5-8)14-11(16)17-10/h3-5,13,15H,6-7H2,1-2H3,(H,14,16). The summed E-state index contributed by atoms with van der Waals surface area (Å²) in [7, 11) is 0. The molecule has 2 rings (SSSR count). The molecule has 2 aromatic rings. The molecule has 1 aromatic heterocycles. The van der Waals surface area contributed by atoms with Gasteiger partial charge >= 0.3 is 5.76 Å². The van der Waals surface area contributed by atoms with Gasteiger partial charge in [0.2, 0.25) is 0 Å². The van der Waals surface area contributed by atoms with Gasteiger partial charge in [-0.25, -0.2) is 4.79 Å². The van der Waals surface area contributed by atoms with E-state index in [2.05, 4.69) is 10.3 Å². The third kappa shape index (κ3) is 2.68. The fourth-order valence-corrected chi connectivity index (χ4v) is 1.46. The van der Waals surface area contributed by atoms with E-state index in [1.54, 1.807) is 6.07 Å². The Labute approximate surface area is 98.5 Å². The Morgan fingerprint density at radius 1 is 1.47 bits per heavy atom. The van der Waals surface area contributed by atoms with Crippen molar-refractivity contribution in [3.8, 4) is 0 Å². The summed E-state index contributed by atoms with van der Waals surface area (Å²) in [5.74, 6) is -0.451. The number of aromatic amines is 1. The summed E-state index contributed by atoms with van der Waals surface area (Å²) in [5, 5.41) is 12.4. The molecular weight excluding hydrogens is 220 g/mol. The maximum atomic E-state index is 11.0. The third-order valence-electron chi connectivity index (χ3n) is 2.62. The Morgan fingerprint density at radius 3 is 2.94 bits per heavy atom. The first-order valence-electron chi connectivity index (χ1n) is 5.48. The average Bonchev–Trinajstić information content (AvgIpc) is 2.66. The number of oxazole rings is 1. The number of hydrogen-bond acceptors (Lipinski definition) is 4. The van der Waals surface area contributed by atoms with Gasteiger partial charge in [0.25, 0.3) is 0 Å². The molecule has 0 spiro atoms. The molecule has 92 valence electrons. The van der Waals surface area contributed by atoms with Gasteiger partial charge in [0, 0.05) is 24.3 Å². The van der Waals surface area contributed by atoms with Gasteiger partial charge in [-0.05, 0) is 18.2 Å². The molecule has 5 nitrogen and oxygen atoms in total. The highest BCUT2D eigenvalue weighted by Gasteiger charge is 2.15. The van der Waals surface area contributed by atoms with Crippen LogP contribution >= 0.6 is 0 Å². The molecule has 0 radical (unpaired) electrons. The van der Waals surface area contributed by atoms with Gasteiger partial charge in [0.1, 0.15) is 0 Å². The normalized spacial score (nSPS) is 11.9. The predicted molar refractivity (Wildman–Crippen MR) is 66.2 cm³/mol. The molecular formula is C12H16N2O3. The van der Waals surface area contributed by atoms with Crippen LogP contribution in [0.5, 0.6) is 0 Å². The third-order valence-corrected chi connectivity index (χ3v) is 2.62. The fraction of sp³-hybridized carbons (Fsp3) is 0.417. The molecule has 3 N–H and O–H groups in total. The number of benzene rings is 1. The minimum Gasteiger partial charge on any atom is -0.408 e. The largest absolute Gasteiger partial charge is 0.417 e. The summed E-state index contributed by atoms with van der Waals surface area (Å²) < 4.78 is 4.91. The van der Waals surface area contributed by atoms with E-state index >= 15 is 0 Å². The number of aliphatic hydroxyl groups excluding tert-OH is 1. The first-order chi connectivity index (χ1) is 8.00. The summed E-state index contributed by atoms with van der Waals surface area (Å²) in [6, 6.07) is 5.39. The van der Waals surface area contributed by atoms with Crippen molar-refractivity contribution in [2.75, 3.05) is 18.5 Å². The van der Waals surface area contributed by atoms with Gasteiger partial charge in [-0.2, -0.15) is 0 Å². The van der Waals surface area contributed by atoms with E-state index in [4.69, 9.17) is 9.52 Å². The lowest BCUT2D eigenvalue weighted by molar-refractivity contribution is 0.171. The van der Waals surface area contributed by atoms with Crippen molar-refractivity contribution in [2.24, 2.45) is 5.41 Å². The molecule has 0 fully saturated rings. The van der Waals surface area contributed by atoms with Crippen molar-refractivity contribution < 1.29 is 9.52 Å². The number of hydrogen-bond donors (Lipinski definition) is 3. The number of nitrogens with one attached hydrogen (secondary N) is 2. The van der Waals surface area contributed by atoms with E-state index in [1.807, 2.05) is 26.0 Å². The van der Waals surface area contributed by atoms with Crippen molar-refractivity contribution in [1.29, 1.82) is 0 Å². The molecule has 0 saturated heterocycles. The highest BCUT2D eigenvalue weighted by atomic mass is 16.4. The Bertz CT molecular complexity index is 568. The van der Waals surface area contributed by atoms with Gasteiger partial charge in [-0.15, -0.1) is 0 Å². The second-order valence-corrected chi connectivity index (χ2v) is 4.90. The van der Waals surface area contributed by atoms with Crippen molar-refractivity contribution in [3.63, 3.8) is 0 Å². The Kier molecular flexibility index (Phi) is 2.93. The minimum atomic E-state index is -0.451. The number of rotatable bonds is 4. The van der Waals surface area contributed by atoms with E-state index in [1.165, 1.54) is 0 Å². The molecule has 1 aromatic carbocycles. The molecule has 1 heterocycles. The maximum Gasteiger partial charge on any atom is 0.417 e. The summed E-state index contributed by atoms with van der Waals surface area (Å²) in [5.41, 5.74) is 1.92. The van der Waals surface area contributed by atoms with Gasteiger partial charge < -0.3 is 14.8 Å². The first-order valence-corrected chi connectivity index (χ1v) is 5.48. The average molecular weight is 236 g/mol. The van der Waals surface area contributed by atoms with E-state index in [9.17, 15) is 4.79 Å². The maximum absolute atomic E-state index is 11.0. The molecule has 0 aliphatic heterocycles. The first kappa shape index (κ1) is 11.7. The van der Waals surface area contributed by atoms with Crippen molar-refractivity contribution >= 4 is 16.8 Å². The lowest BCUT2D eigenvalue weighted by Crippen LogP contribution is -2.26. The van der Waals surface area contributed by atoms with Crippen LogP contribution < -0.4 is 11.1 Å². The zero-order valence-electron chi connectivity index (χ0n) is 9.91. The zero-order chi connectivity index (χ0) is 12.5. The van der Waals surface area contributed by atoms with E-state index in [0.717, 1.165) is 5.69 Å². The Morgan fingerprint density at radius 2 is 2.24 bits per heavy atom. The number of fused-ring (bicyclic) bond motifs is 1. The quantitative estimate of drug-likeness (QED) is 0.752. The van der Waals surface area contributed by atoms with Gasteiger partial charge in [-0.1, -0.05) is 13.8 Å². The number of aromatic nitrogens is 1. The molecule has 5 heteroatoms. The Hall–Kier alpha value is -1.75. The predicted octanol–water partition coefficient (Wildman–Crippen LogP) is 1.55. The highest BCUT2D eigenvalue weighted by Crippen LogP contribution is 2.19. The molecule has 17 heavy (non-hydrogen) atoms. The summed E-state index contributed by atoms with van der Waals surface area (Å²) in [4.78, 5) is 13.6. The zero-order valence-corrected chi connectivity index (χ0v) is 9.91. The van der Waals surface area contributed by atoms with E-state index < -0.39 is 5.76 Å². The van der Waals surface area contributed by atoms with Gasteiger partial charge in [0.05, 0.1) is 5.52 Å². The summed E-state index contributed by atoms with van der Waals surface area (Å²) in [6.45, 7) is 4.71. The van der Waals surface area contributed by atoms with Crippen molar-refractivity contribution in [3.05, 3.63) is 28.7 Å². The van der Waals surface area contributed by atoms with E-state index in [-0.39, 0.29) is 12.0 Å². The summed E-state index contributed by atoms with van der Waals surface area (Å²) in [6.07, 6.45) is 0. The number of H-pyrrole nitrogens is 1. The highest BCUT2D eigenvalue weighted by molar-refractivity contribution is 5.76. The fourth-order valence-electron chi connectivity index (χ4n) is 1.46. The van der Waals surface area contributed by atoms with Crippen LogP contribution in [0.15, 0.2) is 27.4 Å². The van der Waals surface area contributed by atoms with Crippen LogP contribution in [0.3, 0.4) is 0 Å². The van der Waals surface area contributed by atoms with Crippen LogP contribution in [-0.4, -0.2) is 23.2 Å². The monoisotopic (exact) mass is 236 g/mol. The second-order valence-electron chi connectivity index (χ2n) is 4.90. The van der Waals surface area contributed by atoms with Crippen LogP contribution in [0, 0.1) is 5.41 Å². The lowest BCUT2D eigenvalue weighted by Gasteiger charge is -2.22. The molecule has 0 saturated carbocycles. The lowest BCUT2D eigenvalue weighted by atomic mass is 9.95. The molecule has 0 bridgehead atoms. The topological polar surface area (TPSA) is 78.3 Å². The van der Waals surface area contributed by atoms with Crippen LogP contribution in [0.4, 0.5) is 5.69 Å². The molecule has 0 unspecified atom stereocenters. The summed E-state index contributed by atoms with van der Waals surface area (Å²) >= 11 is 0. The van der Waals surface area contributed by atoms with Gasteiger partial charge in [-0.3, -0.25) is 4.98 Å². The second kappa shape index (κ2) is 4.25. The molecule has 0 aliphatic rings. The number of aliphatic hydroxyl groups is 1. The molecule has 0 amide bonds. The SMILES string of the molecule is CC(C)(CO)CNc1ccc2oc(=O)[nH]c2c1. The smallest absolute Gasteiger partial charge is 0.408 e. The van der Waals surface area contributed by atoms with Crippen molar-refractivity contribution in [2.45, 2.75) is 13.8 Å². The molecule has 0 atom stereocenters. The van der Waals surface area contributed by atoms with Crippen LogP contribution in [0.2, 0.25) is 0 Å².